The molecule has 2 amide bonds. The van der Waals surface area contributed by atoms with E-state index in [-0.39, 0.29) is 16.9 Å². The van der Waals surface area contributed by atoms with Crippen molar-refractivity contribution in [3.05, 3.63) is 59.2 Å². The SMILES string of the molecule is Cc1cc(C(C)C)c(NC(=O)NS(=O)(=O)c2cc3ccccc3o2)c(C(C)C)c1. The highest BCUT2D eigenvalue weighted by Gasteiger charge is 2.24. The van der Waals surface area contributed by atoms with Crippen molar-refractivity contribution < 1.29 is 17.6 Å². The van der Waals surface area contributed by atoms with Gasteiger partial charge in [-0.3, -0.25) is 0 Å². The van der Waals surface area contributed by atoms with Gasteiger partial charge in [0.25, 0.3) is 10.0 Å². The van der Waals surface area contributed by atoms with Crippen molar-refractivity contribution in [1.29, 1.82) is 0 Å². The van der Waals surface area contributed by atoms with Gasteiger partial charge in [0.2, 0.25) is 5.09 Å². The number of benzene rings is 2. The Bertz CT molecular complexity index is 1100. The summed E-state index contributed by atoms with van der Waals surface area (Å²) in [6.07, 6.45) is 0. The number of rotatable bonds is 5. The van der Waals surface area contributed by atoms with Crippen molar-refractivity contribution in [2.24, 2.45) is 0 Å². The summed E-state index contributed by atoms with van der Waals surface area (Å²) >= 11 is 0. The van der Waals surface area contributed by atoms with E-state index in [4.69, 9.17) is 4.42 Å². The van der Waals surface area contributed by atoms with Crippen LogP contribution in [-0.4, -0.2) is 14.4 Å². The largest absolute Gasteiger partial charge is 0.443 e. The predicted octanol–water partition coefficient (Wildman–Crippen LogP) is 5.50. The van der Waals surface area contributed by atoms with Crippen molar-refractivity contribution in [2.45, 2.75) is 51.5 Å². The molecule has 29 heavy (non-hydrogen) atoms. The zero-order valence-electron chi connectivity index (χ0n) is 17.2. The zero-order chi connectivity index (χ0) is 21.3. The first kappa shape index (κ1) is 20.9. The zero-order valence-corrected chi connectivity index (χ0v) is 18.1. The molecule has 0 saturated heterocycles. The first-order valence-electron chi connectivity index (χ1n) is 9.55. The molecule has 3 aromatic rings. The van der Waals surface area contributed by atoms with E-state index in [0.717, 1.165) is 16.7 Å². The third-order valence-electron chi connectivity index (χ3n) is 4.72. The molecule has 0 aliphatic rings. The van der Waals surface area contributed by atoms with Gasteiger partial charge >= 0.3 is 6.03 Å². The number of hydrogen-bond acceptors (Lipinski definition) is 4. The van der Waals surface area contributed by atoms with Gasteiger partial charge in [-0.05, 0) is 36.0 Å². The normalized spacial score (nSPS) is 12.0. The number of nitrogens with one attached hydrogen (secondary N) is 2. The summed E-state index contributed by atoms with van der Waals surface area (Å²) in [7, 11) is -4.14. The fourth-order valence-corrected chi connectivity index (χ4v) is 4.18. The number of furan rings is 1. The Morgan fingerprint density at radius 2 is 1.55 bits per heavy atom. The number of anilines is 1. The Morgan fingerprint density at radius 3 is 2.10 bits per heavy atom. The van der Waals surface area contributed by atoms with Crippen LogP contribution in [0.15, 0.2) is 52.0 Å². The van der Waals surface area contributed by atoms with Crippen LogP contribution >= 0.6 is 0 Å². The summed E-state index contributed by atoms with van der Waals surface area (Å²) in [5.74, 6) is 0.323. The predicted molar refractivity (Wildman–Crippen MR) is 115 cm³/mol. The standard InChI is InChI=1S/C22H26N2O4S/c1-13(2)17-10-15(5)11-18(14(3)4)21(17)23-22(25)24-29(26,27)20-12-16-8-6-7-9-19(16)28-20/h6-14H,1-5H3,(H2,23,24,25). The van der Waals surface area contributed by atoms with E-state index < -0.39 is 16.1 Å². The molecule has 0 aliphatic heterocycles. The first-order valence-corrected chi connectivity index (χ1v) is 11.0. The molecule has 3 rings (SSSR count). The third kappa shape index (κ3) is 4.45. The van der Waals surface area contributed by atoms with Crippen LogP contribution in [-0.2, 0) is 10.0 Å². The molecular formula is C22H26N2O4S. The number of urea groups is 1. The molecule has 154 valence electrons. The molecule has 0 saturated carbocycles. The lowest BCUT2D eigenvalue weighted by Crippen LogP contribution is -2.34. The molecule has 6 nitrogen and oxygen atoms in total. The van der Waals surface area contributed by atoms with E-state index in [0.29, 0.717) is 16.7 Å². The number of carbonyl (C=O) groups excluding carboxylic acids is 1. The van der Waals surface area contributed by atoms with E-state index in [1.165, 1.54) is 6.07 Å². The fraction of sp³-hybridized carbons (Fsp3) is 0.318. The topological polar surface area (TPSA) is 88.4 Å². The highest BCUT2D eigenvalue weighted by atomic mass is 32.2. The molecule has 0 unspecified atom stereocenters. The highest BCUT2D eigenvalue weighted by molar-refractivity contribution is 7.90. The molecule has 0 bridgehead atoms. The second-order valence-corrected chi connectivity index (χ2v) is 9.40. The number of fused-ring (bicyclic) bond motifs is 1. The average Bonchev–Trinajstić information content (AvgIpc) is 3.07. The smallest absolute Gasteiger partial charge is 0.333 e. The molecule has 0 spiro atoms. The van der Waals surface area contributed by atoms with Crippen LogP contribution in [0.1, 0.15) is 56.2 Å². The molecule has 0 radical (unpaired) electrons. The highest BCUT2D eigenvalue weighted by Crippen LogP contribution is 2.34. The van der Waals surface area contributed by atoms with Gasteiger partial charge < -0.3 is 9.73 Å². The lowest BCUT2D eigenvalue weighted by Gasteiger charge is -2.21. The summed E-state index contributed by atoms with van der Waals surface area (Å²) in [6, 6.07) is 11.6. The number of amides is 2. The molecule has 2 aromatic carbocycles. The van der Waals surface area contributed by atoms with Crippen LogP contribution in [0.5, 0.6) is 0 Å². The van der Waals surface area contributed by atoms with Crippen molar-refractivity contribution >= 4 is 32.7 Å². The minimum atomic E-state index is -4.14. The minimum Gasteiger partial charge on any atom is -0.443 e. The Morgan fingerprint density at radius 1 is 0.966 bits per heavy atom. The second kappa shape index (κ2) is 7.91. The van der Waals surface area contributed by atoms with Crippen LogP contribution in [0.25, 0.3) is 11.0 Å². The summed E-state index contributed by atoms with van der Waals surface area (Å²) in [5, 5.41) is 3.11. The molecular weight excluding hydrogens is 388 g/mol. The molecule has 0 atom stereocenters. The van der Waals surface area contributed by atoms with Crippen LogP contribution < -0.4 is 10.0 Å². The Balaban J connectivity index is 1.90. The van der Waals surface area contributed by atoms with Crippen molar-refractivity contribution in [3.8, 4) is 0 Å². The minimum absolute atomic E-state index is 0.162. The summed E-state index contributed by atoms with van der Waals surface area (Å²) in [5.41, 5.74) is 4.11. The number of sulfonamides is 1. The van der Waals surface area contributed by atoms with Gasteiger partial charge in [0.15, 0.2) is 0 Å². The van der Waals surface area contributed by atoms with Crippen LogP contribution in [0, 0.1) is 6.92 Å². The quantitative estimate of drug-likeness (QED) is 0.577. The lowest BCUT2D eigenvalue weighted by atomic mass is 9.90. The van der Waals surface area contributed by atoms with Gasteiger partial charge in [0.1, 0.15) is 5.58 Å². The van der Waals surface area contributed by atoms with Gasteiger partial charge in [-0.1, -0.05) is 63.6 Å². The number of aryl methyl sites for hydroxylation is 1. The van der Waals surface area contributed by atoms with Crippen LogP contribution in [0.2, 0.25) is 0 Å². The van der Waals surface area contributed by atoms with Gasteiger partial charge in [0.05, 0.1) is 0 Å². The first-order chi connectivity index (χ1) is 13.6. The Labute approximate surface area is 171 Å². The Hall–Kier alpha value is -2.80. The summed E-state index contributed by atoms with van der Waals surface area (Å²) < 4.78 is 32.7. The number of carbonyl (C=O) groups is 1. The number of para-hydroxylation sites is 1. The molecule has 1 aromatic heterocycles. The van der Waals surface area contributed by atoms with Gasteiger partial charge in [-0.2, -0.15) is 8.42 Å². The fourth-order valence-electron chi connectivity index (χ4n) is 3.30. The monoisotopic (exact) mass is 414 g/mol. The lowest BCUT2D eigenvalue weighted by molar-refractivity contribution is 0.256. The van der Waals surface area contributed by atoms with E-state index in [9.17, 15) is 13.2 Å². The van der Waals surface area contributed by atoms with Gasteiger partial charge in [-0.15, -0.1) is 0 Å². The van der Waals surface area contributed by atoms with Crippen molar-refractivity contribution in [3.63, 3.8) is 0 Å². The average molecular weight is 415 g/mol. The van der Waals surface area contributed by atoms with Gasteiger partial charge in [0, 0.05) is 17.1 Å². The molecule has 1 heterocycles. The maximum absolute atomic E-state index is 12.6. The summed E-state index contributed by atoms with van der Waals surface area (Å²) in [6.45, 7) is 10.1. The van der Waals surface area contributed by atoms with E-state index in [2.05, 4.69) is 10.0 Å². The van der Waals surface area contributed by atoms with Crippen molar-refractivity contribution in [2.75, 3.05) is 5.32 Å². The second-order valence-electron chi connectivity index (χ2n) is 7.79. The van der Waals surface area contributed by atoms with Crippen molar-refractivity contribution in [1.82, 2.24) is 4.72 Å². The maximum atomic E-state index is 12.6. The van der Waals surface area contributed by atoms with E-state index in [1.807, 2.05) is 46.8 Å². The molecule has 0 aliphatic carbocycles. The van der Waals surface area contributed by atoms with Crippen LogP contribution in [0.3, 0.4) is 0 Å². The van der Waals surface area contributed by atoms with E-state index in [1.54, 1.807) is 24.3 Å². The number of hydrogen-bond donors (Lipinski definition) is 2. The van der Waals surface area contributed by atoms with Crippen LogP contribution in [0.4, 0.5) is 10.5 Å². The molecule has 7 heteroatoms. The molecule has 2 N–H and O–H groups in total. The maximum Gasteiger partial charge on any atom is 0.333 e. The summed E-state index contributed by atoms with van der Waals surface area (Å²) in [4.78, 5) is 12.6. The van der Waals surface area contributed by atoms with E-state index >= 15 is 0 Å². The third-order valence-corrected chi connectivity index (χ3v) is 5.91. The Kier molecular flexibility index (Phi) is 5.71. The molecule has 0 fully saturated rings. The van der Waals surface area contributed by atoms with Gasteiger partial charge in [-0.25, -0.2) is 9.52 Å².